The minimum Gasteiger partial charge on any atom is -0.504 e. The summed E-state index contributed by atoms with van der Waals surface area (Å²) in [5.41, 5.74) is 0.982. The number of methoxy groups -OCH3 is 1. The van der Waals surface area contributed by atoms with E-state index in [1.807, 2.05) is 6.92 Å². The van der Waals surface area contributed by atoms with Crippen LogP contribution in [0.3, 0.4) is 0 Å². The Bertz CT molecular complexity index is 799. The molecule has 3 N–H and O–H groups in total. The van der Waals surface area contributed by atoms with Gasteiger partial charge in [-0.25, -0.2) is 0 Å². The molecule has 2 rings (SSSR count). The second-order valence-corrected chi connectivity index (χ2v) is 5.82. The topological polar surface area (TPSA) is 130 Å². The van der Waals surface area contributed by atoms with Gasteiger partial charge >= 0.3 is 5.97 Å². The maximum absolute atomic E-state index is 10.3. The number of carbonyl (C=O) groups is 3. The zero-order valence-corrected chi connectivity index (χ0v) is 16.8. The number of ether oxygens (including phenoxy) is 2. The van der Waals surface area contributed by atoms with Crippen molar-refractivity contribution in [1.82, 2.24) is 0 Å². The summed E-state index contributed by atoms with van der Waals surface area (Å²) in [6, 6.07) is 8.89. The predicted molar refractivity (Wildman–Crippen MR) is 107 cm³/mol. The summed E-state index contributed by atoms with van der Waals surface area (Å²) in [5.74, 6) is -0.211. The molecule has 0 aliphatic rings. The first-order chi connectivity index (χ1) is 13.7. The second-order valence-electron chi connectivity index (χ2n) is 5.82. The van der Waals surface area contributed by atoms with Gasteiger partial charge in [-0.3, -0.25) is 14.4 Å². The van der Waals surface area contributed by atoms with Crippen LogP contribution in [0.15, 0.2) is 36.4 Å². The van der Waals surface area contributed by atoms with Gasteiger partial charge in [-0.15, -0.1) is 0 Å². The molecule has 0 aliphatic heterocycles. The fourth-order valence-electron chi connectivity index (χ4n) is 1.64. The Kier molecular flexibility index (Phi) is 11.9. The van der Waals surface area contributed by atoms with Gasteiger partial charge in [-0.1, -0.05) is 13.8 Å². The zero-order valence-electron chi connectivity index (χ0n) is 16.8. The van der Waals surface area contributed by atoms with Crippen molar-refractivity contribution in [2.45, 2.75) is 20.8 Å². The molecule has 2 aromatic rings. The van der Waals surface area contributed by atoms with Crippen molar-refractivity contribution >= 4 is 18.5 Å². The van der Waals surface area contributed by atoms with Crippen LogP contribution in [0.1, 0.15) is 41.5 Å². The molecule has 0 aromatic heterocycles. The SMILES string of the molecule is CC(C)C(=O)O.CCOc1cc(C=O)ccc1O.COc1cc(C=O)ccc1O. The summed E-state index contributed by atoms with van der Waals surface area (Å²) in [6.07, 6.45) is 1.41. The highest BCUT2D eigenvalue weighted by atomic mass is 16.5. The first-order valence-electron chi connectivity index (χ1n) is 8.66. The average Bonchev–Trinajstić information content (AvgIpc) is 2.71. The van der Waals surface area contributed by atoms with Crippen LogP contribution in [-0.4, -0.2) is 47.6 Å². The lowest BCUT2D eigenvalue weighted by atomic mass is 10.2. The number of phenols is 2. The largest absolute Gasteiger partial charge is 0.504 e. The van der Waals surface area contributed by atoms with Crippen molar-refractivity contribution in [3.63, 3.8) is 0 Å². The normalized spacial score (nSPS) is 9.28. The van der Waals surface area contributed by atoms with E-state index in [1.165, 1.54) is 43.5 Å². The molecular weight excluding hydrogens is 380 g/mol. The van der Waals surface area contributed by atoms with Crippen LogP contribution in [0.5, 0.6) is 23.0 Å². The molecule has 0 saturated heterocycles. The van der Waals surface area contributed by atoms with Gasteiger partial charge in [0, 0.05) is 11.1 Å². The Hall–Kier alpha value is -3.55. The average molecular weight is 406 g/mol. The molecule has 2 aromatic carbocycles. The van der Waals surface area contributed by atoms with E-state index >= 15 is 0 Å². The fraction of sp³-hybridized carbons (Fsp3) is 0.286. The molecule has 0 amide bonds. The molecule has 0 unspecified atom stereocenters. The number of phenolic OH excluding ortho intramolecular Hbond substituents is 2. The molecule has 0 radical (unpaired) electrons. The second kappa shape index (κ2) is 13.6. The summed E-state index contributed by atoms with van der Waals surface area (Å²) < 4.78 is 9.85. The van der Waals surface area contributed by atoms with E-state index in [4.69, 9.17) is 19.7 Å². The lowest BCUT2D eigenvalue weighted by molar-refractivity contribution is -0.140. The Morgan fingerprint density at radius 2 is 1.38 bits per heavy atom. The molecule has 0 bridgehead atoms. The number of carboxylic acids is 1. The highest BCUT2D eigenvalue weighted by molar-refractivity contribution is 5.76. The number of aliphatic carboxylic acids is 1. The first kappa shape index (κ1) is 25.4. The van der Waals surface area contributed by atoms with Gasteiger partial charge in [0.05, 0.1) is 19.6 Å². The third kappa shape index (κ3) is 9.81. The molecule has 158 valence electrons. The van der Waals surface area contributed by atoms with Crippen molar-refractivity contribution < 1.29 is 39.2 Å². The van der Waals surface area contributed by atoms with Gasteiger partial charge < -0.3 is 24.8 Å². The van der Waals surface area contributed by atoms with E-state index < -0.39 is 5.97 Å². The smallest absolute Gasteiger partial charge is 0.305 e. The Labute approximate surface area is 169 Å². The maximum Gasteiger partial charge on any atom is 0.305 e. The van der Waals surface area contributed by atoms with Crippen LogP contribution in [-0.2, 0) is 4.79 Å². The number of hydrogen-bond donors (Lipinski definition) is 3. The van der Waals surface area contributed by atoms with Gasteiger partial charge in [-0.05, 0) is 43.3 Å². The van der Waals surface area contributed by atoms with Crippen LogP contribution in [0.25, 0.3) is 0 Å². The van der Waals surface area contributed by atoms with Gasteiger partial charge in [0.2, 0.25) is 0 Å². The summed E-state index contributed by atoms with van der Waals surface area (Å²) in [7, 11) is 1.43. The van der Waals surface area contributed by atoms with E-state index in [-0.39, 0.29) is 17.4 Å². The number of aldehydes is 2. The predicted octanol–water partition coefficient (Wildman–Crippen LogP) is 3.54. The summed E-state index contributed by atoms with van der Waals surface area (Å²) >= 11 is 0. The van der Waals surface area contributed by atoms with Gasteiger partial charge in [0.15, 0.2) is 23.0 Å². The van der Waals surface area contributed by atoms with Gasteiger partial charge in [0.1, 0.15) is 12.6 Å². The molecule has 8 nitrogen and oxygen atoms in total. The highest BCUT2D eigenvalue weighted by Crippen LogP contribution is 2.26. The number of carbonyl (C=O) groups excluding carboxylic acids is 2. The number of rotatable bonds is 6. The first-order valence-corrected chi connectivity index (χ1v) is 8.66. The molecule has 0 aliphatic carbocycles. The van der Waals surface area contributed by atoms with Crippen LogP contribution >= 0.6 is 0 Å². The lowest BCUT2D eigenvalue weighted by Crippen LogP contribution is -2.03. The molecular formula is C21H26O8. The van der Waals surface area contributed by atoms with E-state index in [2.05, 4.69) is 0 Å². The standard InChI is InChI=1S/C9H10O3.C8H8O3.C4H8O2/c1-2-12-9-5-7(6-10)3-4-8(9)11;1-11-8-4-6(5-9)2-3-7(8)10;1-3(2)4(5)6/h3-6,11H,2H2,1H3;2-5,10H,1H3;3H,1-2H3,(H,5,6). The zero-order chi connectivity index (χ0) is 22.4. The van der Waals surface area contributed by atoms with Crippen LogP contribution in [0.4, 0.5) is 0 Å². The summed E-state index contributed by atoms with van der Waals surface area (Å²) in [6.45, 7) is 5.56. The molecule has 0 atom stereocenters. The highest BCUT2D eigenvalue weighted by Gasteiger charge is 2.02. The Morgan fingerprint density at radius 3 is 1.72 bits per heavy atom. The molecule has 29 heavy (non-hydrogen) atoms. The van der Waals surface area contributed by atoms with E-state index in [0.717, 1.165) is 0 Å². The van der Waals surface area contributed by atoms with E-state index in [1.54, 1.807) is 13.8 Å². The van der Waals surface area contributed by atoms with Crippen LogP contribution < -0.4 is 9.47 Å². The Balaban J connectivity index is 0.000000430. The number of carboxylic acid groups (broad SMARTS) is 1. The van der Waals surface area contributed by atoms with E-state index in [9.17, 15) is 19.5 Å². The third-order valence-electron chi connectivity index (χ3n) is 3.25. The quantitative estimate of drug-likeness (QED) is 0.621. The third-order valence-corrected chi connectivity index (χ3v) is 3.25. The summed E-state index contributed by atoms with van der Waals surface area (Å²) in [4.78, 5) is 30.3. The van der Waals surface area contributed by atoms with Crippen molar-refractivity contribution in [2.24, 2.45) is 5.92 Å². The molecule has 8 heteroatoms. The van der Waals surface area contributed by atoms with Crippen molar-refractivity contribution in [1.29, 1.82) is 0 Å². The van der Waals surface area contributed by atoms with Crippen molar-refractivity contribution in [3.8, 4) is 23.0 Å². The molecule has 0 fully saturated rings. The minimum atomic E-state index is -0.741. The maximum atomic E-state index is 10.3. The van der Waals surface area contributed by atoms with Gasteiger partial charge in [0.25, 0.3) is 0 Å². The van der Waals surface area contributed by atoms with Crippen molar-refractivity contribution in [3.05, 3.63) is 47.5 Å². The van der Waals surface area contributed by atoms with Crippen molar-refractivity contribution in [2.75, 3.05) is 13.7 Å². The summed E-state index contributed by atoms with van der Waals surface area (Å²) in [5, 5.41) is 26.3. The number of benzene rings is 2. The minimum absolute atomic E-state index is 0.0399. The molecule has 0 heterocycles. The fourth-order valence-corrected chi connectivity index (χ4v) is 1.64. The van der Waals surface area contributed by atoms with Crippen LogP contribution in [0.2, 0.25) is 0 Å². The van der Waals surface area contributed by atoms with Gasteiger partial charge in [-0.2, -0.15) is 0 Å². The number of aromatic hydroxyl groups is 2. The van der Waals surface area contributed by atoms with Crippen LogP contribution in [0, 0.1) is 5.92 Å². The number of hydrogen-bond acceptors (Lipinski definition) is 7. The Morgan fingerprint density at radius 1 is 0.966 bits per heavy atom. The molecule has 0 saturated carbocycles. The molecule has 0 spiro atoms. The monoisotopic (exact) mass is 406 g/mol. The van der Waals surface area contributed by atoms with E-state index in [0.29, 0.717) is 41.8 Å². The lowest BCUT2D eigenvalue weighted by Gasteiger charge is -2.04.